The molecule has 0 atom stereocenters. The van der Waals surface area contributed by atoms with Crippen LogP contribution in [0, 0.1) is 6.92 Å². The highest BCUT2D eigenvalue weighted by molar-refractivity contribution is 7.89. The van der Waals surface area contributed by atoms with Gasteiger partial charge in [-0.15, -0.1) is 0 Å². The van der Waals surface area contributed by atoms with Crippen molar-refractivity contribution in [3.63, 3.8) is 0 Å². The Labute approximate surface area is 400 Å². The second kappa shape index (κ2) is 61.9. The van der Waals surface area contributed by atoms with E-state index in [1.807, 2.05) is 34.6 Å². The number of sulfone groups is 1. The number of carbonyl (C=O) groups excluding carboxylic acids is 7. The maximum atomic E-state index is 10.5. The average Bonchev–Trinajstić information content (AvgIpc) is 3.63. The topological polar surface area (TPSA) is 344 Å². The molecule has 27 heteroatoms. The number of Topliss-reactive ketones (excluding diaryl/α,β-unsaturated/α-hetero) is 1. The summed E-state index contributed by atoms with van der Waals surface area (Å²) in [6.07, 6.45) is 7.68. The van der Waals surface area contributed by atoms with Crippen LogP contribution in [0.4, 0.5) is 0 Å². The van der Waals surface area contributed by atoms with Gasteiger partial charge in [0.2, 0.25) is 0 Å². The molecule has 0 spiro atoms. The number of hydrogen-bond donors (Lipinski definition) is 3. The number of esters is 6. The Morgan fingerprint density at radius 3 is 1.01 bits per heavy atom. The van der Waals surface area contributed by atoms with Crippen LogP contribution >= 0.6 is 15.2 Å². The molecule has 0 aromatic carbocycles. The number of aromatic amines is 1. The fourth-order valence-corrected chi connectivity index (χ4v) is 1.88. The van der Waals surface area contributed by atoms with Crippen molar-refractivity contribution in [2.45, 2.75) is 136 Å². The molecule has 0 radical (unpaired) electrons. The third-order valence-electron chi connectivity index (χ3n) is 4.06. The summed E-state index contributed by atoms with van der Waals surface area (Å²) in [5, 5.41) is 6.22. The second-order valence-corrected chi connectivity index (χ2v) is 19.0. The van der Waals surface area contributed by atoms with Gasteiger partial charge < -0.3 is 52.1 Å². The SMILES string of the molecule is CC(=O)OC(C)C.CC(C)=O.CCCCOC(C)=O.CCCOC(C)=O.CCCOC(C)=O.CCOC(C)=O.COC(C)=O.COP(C)(=O)OC.CP(=O)(O)O.CS(C)(=O)=O.Cc1ncn[nH]1. The van der Waals surface area contributed by atoms with Gasteiger partial charge in [0.25, 0.3) is 0 Å². The number of aromatic nitrogens is 3. The van der Waals surface area contributed by atoms with E-state index in [0.29, 0.717) is 26.4 Å². The minimum absolute atomic E-state index is 0.0255. The number of nitrogens with zero attached hydrogens (tertiary/aromatic N) is 2. The summed E-state index contributed by atoms with van der Waals surface area (Å²) in [7, 11) is -4.91. The molecule has 0 unspecified atom stereocenters. The molecule has 67 heavy (non-hydrogen) atoms. The molecule has 404 valence electrons. The zero-order chi connectivity index (χ0) is 55.8. The van der Waals surface area contributed by atoms with Gasteiger partial charge in [-0.2, -0.15) is 5.10 Å². The first-order valence-electron chi connectivity index (χ1n) is 20.1. The number of rotatable bonds is 11. The van der Waals surface area contributed by atoms with Crippen LogP contribution in [-0.2, 0) is 90.0 Å². The Balaban J connectivity index is -0.0000000670. The number of nitrogens with one attached hydrogen (secondary N) is 1. The molecule has 1 heterocycles. The maximum absolute atomic E-state index is 10.5. The van der Waals surface area contributed by atoms with Crippen LogP contribution in [0.25, 0.3) is 0 Å². The monoisotopic (exact) mass is 1040 g/mol. The van der Waals surface area contributed by atoms with Gasteiger partial charge in [-0.25, -0.2) is 13.4 Å². The molecule has 0 fully saturated rings. The van der Waals surface area contributed by atoms with E-state index < -0.39 is 25.0 Å². The van der Waals surface area contributed by atoms with Gasteiger partial charge in [0.1, 0.15) is 27.8 Å². The molecule has 1 aromatic rings. The number of methoxy groups -OCH3 is 1. The van der Waals surface area contributed by atoms with Gasteiger partial charge in [-0.1, -0.05) is 27.2 Å². The first kappa shape index (κ1) is 86.1. The van der Waals surface area contributed by atoms with Crippen molar-refractivity contribution in [3.05, 3.63) is 12.2 Å². The number of hydrogen-bond acceptors (Lipinski definition) is 21. The predicted octanol–water partition coefficient (Wildman–Crippen LogP) is 6.24. The Morgan fingerprint density at radius 1 is 0.642 bits per heavy atom. The molecule has 24 nitrogen and oxygen atoms in total. The molecule has 0 amide bonds. The van der Waals surface area contributed by atoms with E-state index in [2.05, 4.69) is 59.6 Å². The van der Waals surface area contributed by atoms with Crippen molar-refractivity contribution in [2.24, 2.45) is 0 Å². The van der Waals surface area contributed by atoms with Crippen LogP contribution in [0.3, 0.4) is 0 Å². The normalized spacial score (nSPS) is 9.09. The summed E-state index contributed by atoms with van der Waals surface area (Å²) in [4.78, 5) is 88.0. The number of carbonyl (C=O) groups is 7. The minimum Gasteiger partial charge on any atom is -0.469 e. The van der Waals surface area contributed by atoms with Crippen molar-refractivity contribution in [2.75, 3.05) is 73.6 Å². The standard InChI is InChI=1S/C6H12O2.3C5H10O2.C4H8O2.C3H5N3.C3H9O3P.C3H6O2.C3H6O.C2H6O2S.CH5O3P/c1-3-4-5-8-6(2)7;1-4(2)7-5(3)6;2*1-3-4-7-5(2)6;1-3-6-4(2)5;1-3-4-2-5-6-3;1-5-7(3,4)6-2;1-3(4)5-2;1-3(2)4;2*1-5(2,3)4/h3-5H2,1-2H3;4H,1-3H3;2*3-4H2,1-2H3;3H2,1-2H3;2H,1H3,(H,4,5,6);1-3H3;1-2H3;1-2H3;1-2H3;1H3,(H2,2,3,4). The summed E-state index contributed by atoms with van der Waals surface area (Å²) in [6, 6.07) is 0. The minimum atomic E-state index is -3.64. The highest BCUT2D eigenvalue weighted by atomic mass is 32.2. The number of ketones is 1. The van der Waals surface area contributed by atoms with E-state index in [9.17, 15) is 51.1 Å². The third kappa shape index (κ3) is 233. The van der Waals surface area contributed by atoms with Crippen LogP contribution in [0.2, 0.25) is 0 Å². The van der Waals surface area contributed by atoms with Gasteiger partial charge >= 0.3 is 51.0 Å². The fraction of sp³-hybridized carbons (Fsp3) is 0.775. The van der Waals surface area contributed by atoms with E-state index in [1.165, 1.54) is 89.7 Å². The van der Waals surface area contributed by atoms with E-state index >= 15 is 0 Å². The molecule has 3 N–H and O–H groups in total. The van der Waals surface area contributed by atoms with Crippen molar-refractivity contribution in [3.8, 4) is 0 Å². The highest BCUT2D eigenvalue weighted by Crippen LogP contribution is 2.40. The van der Waals surface area contributed by atoms with Gasteiger partial charge in [-0.3, -0.25) is 43.0 Å². The Bertz CT molecular complexity index is 1480. The van der Waals surface area contributed by atoms with Crippen molar-refractivity contribution in [1.29, 1.82) is 0 Å². The second-order valence-electron chi connectivity index (χ2n) is 12.7. The highest BCUT2D eigenvalue weighted by Gasteiger charge is 2.09. The van der Waals surface area contributed by atoms with E-state index in [-0.39, 0.29) is 47.7 Å². The van der Waals surface area contributed by atoms with Gasteiger partial charge in [-0.05, 0) is 60.8 Å². The van der Waals surface area contributed by atoms with E-state index in [1.54, 1.807) is 6.92 Å². The number of H-pyrrole nitrogens is 1. The Kier molecular flexibility index (Phi) is 79.5. The van der Waals surface area contributed by atoms with Crippen molar-refractivity contribution in [1.82, 2.24) is 15.2 Å². The largest absolute Gasteiger partial charge is 0.469 e. The number of unbranched alkanes of at least 4 members (excludes halogenated alkanes) is 1. The summed E-state index contributed by atoms with van der Waals surface area (Å²) in [6.45, 7) is 29.1. The Morgan fingerprint density at radius 2 is 0.940 bits per heavy atom. The summed E-state index contributed by atoms with van der Waals surface area (Å²) in [5.41, 5.74) is 0. The van der Waals surface area contributed by atoms with Crippen molar-refractivity contribution >= 4 is 66.6 Å². The molecule has 1 aromatic heterocycles. The maximum Gasteiger partial charge on any atom is 0.327 e. The van der Waals surface area contributed by atoms with Crippen molar-refractivity contribution < 1.29 is 98.4 Å². The lowest BCUT2D eigenvalue weighted by Gasteiger charge is -2.04. The van der Waals surface area contributed by atoms with Crippen LogP contribution in [0.15, 0.2) is 6.33 Å². The lowest BCUT2D eigenvalue weighted by molar-refractivity contribution is -0.145. The summed E-state index contributed by atoms with van der Waals surface area (Å²) < 4.78 is 74.8. The molecular formula is C40H87N3O21P2S. The van der Waals surface area contributed by atoms with Gasteiger partial charge in [0, 0.05) is 81.6 Å². The Hall–Kier alpha value is -4.12. The molecule has 1 rings (SSSR count). The molecule has 0 aliphatic rings. The number of ether oxygens (including phenoxy) is 6. The third-order valence-corrected chi connectivity index (χ3v) is 5.38. The first-order valence-corrected chi connectivity index (χ1v) is 26.5. The van der Waals surface area contributed by atoms with Crippen LogP contribution in [-0.4, -0.2) is 155 Å². The van der Waals surface area contributed by atoms with Gasteiger partial charge in [0.15, 0.2) is 0 Å². The van der Waals surface area contributed by atoms with E-state index in [0.717, 1.165) is 50.7 Å². The molecular weight excluding hydrogens is 952 g/mol. The smallest absolute Gasteiger partial charge is 0.327 e. The molecule has 0 bridgehead atoms. The van der Waals surface area contributed by atoms with Crippen LogP contribution in [0.5, 0.6) is 0 Å². The lowest BCUT2D eigenvalue weighted by Crippen LogP contribution is -2.06. The molecule has 0 saturated heterocycles. The first-order chi connectivity index (χ1) is 30.2. The summed E-state index contributed by atoms with van der Waals surface area (Å²) in [5.74, 6) is -0.213. The number of aryl methyl sites for hydroxylation is 1. The van der Waals surface area contributed by atoms with Crippen LogP contribution in [0.1, 0.15) is 128 Å². The molecule has 0 aliphatic carbocycles. The van der Waals surface area contributed by atoms with Gasteiger partial charge in [0.05, 0.1) is 39.6 Å². The zero-order valence-electron chi connectivity index (χ0n) is 44.2. The quantitative estimate of drug-likeness (QED) is 0.0955. The molecule has 0 saturated carbocycles. The molecule has 0 aliphatic heterocycles. The van der Waals surface area contributed by atoms with Crippen LogP contribution < -0.4 is 0 Å². The predicted molar refractivity (Wildman–Crippen MR) is 256 cm³/mol. The van der Waals surface area contributed by atoms with E-state index in [4.69, 9.17) is 9.79 Å². The average molecular weight is 1040 g/mol. The fourth-order valence-electron chi connectivity index (χ4n) is 1.73. The zero-order valence-corrected chi connectivity index (χ0v) is 46.8. The summed E-state index contributed by atoms with van der Waals surface area (Å²) >= 11 is 0. The lowest BCUT2D eigenvalue weighted by atomic mass is 10.4.